The Hall–Kier alpha value is -0.530. The van der Waals surface area contributed by atoms with E-state index in [9.17, 15) is 0 Å². The SMILES string of the molecule is CCC1(CNCc2ccc(Cl)cc2)CC1. The molecule has 1 aliphatic rings. The molecule has 1 saturated carbocycles. The van der Waals surface area contributed by atoms with E-state index < -0.39 is 0 Å². The lowest BCUT2D eigenvalue weighted by molar-refractivity contribution is 0.443. The summed E-state index contributed by atoms with van der Waals surface area (Å²) in [6.07, 6.45) is 4.11. The van der Waals surface area contributed by atoms with Gasteiger partial charge < -0.3 is 5.32 Å². The minimum Gasteiger partial charge on any atom is -0.312 e. The fourth-order valence-corrected chi connectivity index (χ4v) is 2.03. The van der Waals surface area contributed by atoms with Gasteiger partial charge in [-0.25, -0.2) is 0 Å². The normalized spacial score (nSPS) is 17.7. The minimum atomic E-state index is 0.631. The van der Waals surface area contributed by atoms with E-state index in [1.54, 1.807) is 0 Å². The first-order valence-corrected chi connectivity index (χ1v) is 6.07. The predicted octanol–water partition coefficient (Wildman–Crippen LogP) is 3.62. The number of benzene rings is 1. The molecule has 0 radical (unpaired) electrons. The van der Waals surface area contributed by atoms with Gasteiger partial charge in [-0.1, -0.05) is 30.7 Å². The Morgan fingerprint density at radius 3 is 2.47 bits per heavy atom. The molecule has 1 aromatic rings. The Balaban J connectivity index is 1.76. The van der Waals surface area contributed by atoms with E-state index in [0.717, 1.165) is 18.1 Å². The highest BCUT2D eigenvalue weighted by molar-refractivity contribution is 6.30. The molecule has 1 N–H and O–H groups in total. The second kappa shape index (κ2) is 4.54. The fourth-order valence-electron chi connectivity index (χ4n) is 1.91. The Kier molecular flexibility index (Phi) is 3.32. The van der Waals surface area contributed by atoms with Crippen LogP contribution in [0.4, 0.5) is 0 Å². The van der Waals surface area contributed by atoms with Gasteiger partial charge in [-0.15, -0.1) is 0 Å². The van der Waals surface area contributed by atoms with Gasteiger partial charge >= 0.3 is 0 Å². The van der Waals surface area contributed by atoms with E-state index >= 15 is 0 Å². The maximum Gasteiger partial charge on any atom is 0.0406 e. The van der Waals surface area contributed by atoms with Crippen LogP contribution < -0.4 is 5.32 Å². The zero-order chi connectivity index (χ0) is 10.7. The van der Waals surface area contributed by atoms with Gasteiger partial charge in [0.1, 0.15) is 0 Å². The maximum atomic E-state index is 5.83. The molecule has 1 aliphatic carbocycles. The van der Waals surface area contributed by atoms with Crippen molar-refractivity contribution in [2.75, 3.05) is 6.54 Å². The molecule has 2 rings (SSSR count). The minimum absolute atomic E-state index is 0.631. The second-order valence-corrected chi connectivity index (χ2v) is 5.02. The fraction of sp³-hybridized carbons (Fsp3) is 0.538. The van der Waals surface area contributed by atoms with Gasteiger partial charge in [0.05, 0.1) is 0 Å². The molecular formula is C13H18ClN. The van der Waals surface area contributed by atoms with E-state index in [-0.39, 0.29) is 0 Å². The molecule has 15 heavy (non-hydrogen) atoms. The molecule has 0 heterocycles. The standard InChI is InChI=1S/C13H18ClN/c1-2-13(7-8-13)10-15-9-11-3-5-12(14)6-4-11/h3-6,15H,2,7-10H2,1H3. The smallest absolute Gasteiger partial charge is 0.0406 e. The predicted molar refractivity (Wildman–Crippen MR) is 65.1 cm³/mol. The summed E-state index contributed by atoms with van der Waals surface area (Å²) in [4.78, 5) is 0. The molecule has 0 aromatic heterocycles. The van der Waals surface area contributed by atoms with Gasteiger partial charge in [-0.3, -0.25) is 0 Å². The monoisotopic (exact) mass is 223 g/mol. The Labute approximate surface area is 96.8 Å². The third kappa shape index (κ3) is 2.96. The van der Waals surface area contributed by atoms with E-state index in [0.29, 0.717) is 5.41 Å². The Bertz CT molecular complexity index is 314. The molecule has 1 nitrogen and oxygen atoms in total. The summed E-state index contributed by atoms with van der Waals surface area (Å²) in [6.45, 7) is 4.40. The van der Waals surface area contributed by atoms with Gasteiger partial charge in [0.25, 0.3) is 0 Å². The second-order valence-electron chi connectivity index (χ2n) is 4.58. The molecule has 82 valence electrons. The maximum absolute atomic E-state index is 5.83. The molecule has 0 atom stereocenters. The van der Waals surface area contributed by atoms with Crippen LogP contribution in [0.25, 0.3) is 0 Å². The number of nitrogens with one attached hydrogen (secondary N) is 1. The zero-order valence-corrected chi connectivity index (χ0v) is 9.98. The molecule has 0 bridgehead atoms. The molecule has 0 saturated heterocycles. The lowest BCUT2D eigenvalue weighted by Gasteiger charge is -2.13. The average Bonchev–Trinajstić information content (AvgIpc) is 3.02. The first-order chi connectivity index (χ1) is 7.24. The molecule has 1 fully saturated rings. The van der Waals surface area contributed by atoms with E-state index in [1.165, 1.54) is 24.8 Å². The highest BCUT2D eigenvalue weighted by atomic mass is 35.5. The molecular weight excluding hydrogens is 206 g/mol. The third-order valence-electron chi connectivity index (χ3n) is 3.45. The van der Waals surface area contributed by atoms with Gasteiger partial charge in [0.15, 0.2) is 0 Å². The van der Waals surface area contributed by atoms with Crippen molar-refractivity contribution >= 4 is 11.6 Å². The third-order valence-corrected chi connectivity index (χ3v) is 3.70. The van der Waals surface area contributed by atoms with Crippen LogP contribution in [0.1, 0.15) is 31.7 Å². The molecule has 1 aromatic carbocycles. The topological polar surface area (TPSA) is 12.0 Å². The van der Waals surface area contributed by atoms with Crippen molar-refractivity contribution in [1.82, 2.24) is 5.32 Å². The van der Waals surface area contributed by atoms with E-state index in [4.69, 9.17) is 11.6 Å². The van der Waals surface area contributed by atoms with Crippen molar-refractivity contribution in [3.05, 3.63) is 34.9 Å². The first-order valence-electron chi connectivity index (χ1n) is 5.69. The lowest BCUT2D eigenvalue weighted by atomic mass is 10.0. The van der Waals surface area contributed by atoms with Crippen LogP contribution in [0.2, 0.25) is 5.02 Å². The number of hydrogen-bond acceptors (Lipinski definition) is 1. The molecule has 2 heteroatoms. The summed E-state index contributed by atoms with van der Waals surface area (Å²) in [6, 6.07) is 8.07. The molecule has 0 spiro atoms. The first kappa shape index (κ1) is 11.0. The van der Waals surface area contributed by atoms with Crippen LogP contribution >= 0.6 is 11.6 Å². The summed E-state index contributed by atoms with van der Waals surface area (Å²) >= 11 is 5.83. The zero-order valence-electron chi connectivity index (χ0n) is 9.22. The van der Waals surface area contributed by atoms with Crippen LogP contribution in [-0.4, -0.2) is 6.54 Å². The van der Waals surface area contributed by atoms with Crippen molar-refractivity contribution < 1.29 is 0 Å². The van der Waals surface area contributed by atoms with Crippen molar-refractivity contribution in [3.8, 4) is 0 Å². The molecule has 0 amide bonds. The highest BCUT2D eigenvalue weighted by Crippen LogP contribution is 2.47. The van der Waals surface area contributed by atoms with Gasteiger partial charge in [0, 0.05) is 18.1 Å². The van der Waals surface area contributed by atoms with Crippen LogP contribution in [0, 0.1) is 5.41 Å². The van der Waals surface area contributed by atoms with Crippen LogP contribution in [0.15, 0.2) is 24.3 Å². The van der Waals surface area contributed by atoms with Gasteiger partial charge in [-0.05, 0) is 42.4 Å². The van der Waals surface area contributed by atoms with Crippen LogP contribution in [0.5, 0.6) is 0 Å². The Morgan fingerprint density at radius 2 is 1.93 bits per heavy atom. The van der Waals surface area contributed by atoms with Crippen molar-refractivity contribution in [1.29, 1.82) is 0 Å². The largest absolute Gasteiger partial charge is 0.312 e. The Morgan fingerprint density at radius 1 is 1.27 bits per heavy atom. The van der Waals surface area contributed by atoms with Gasteiger partial charge in [-0.2, -0.15) is 0 Å². The van der Waals surface area contributed by atoms with Crippen molar-refractivity contribution in [3.63, 3.8) is 0 Å². The van der Waals surface area contributed by atoms with Gasteiger partial charge in [0.2, 0.25) is 0 Å². The average molecular weight is 224 g/mol. The summed E-state index contributed by atoms with van der Waals surface area (Å²) < 4.78 is 0. The summed E-state index contributed by atoms with van der Waals surface area (Å²) in [5, 5.41) is 4.34. The molecule has 0 aliphatic heterocycles. The van der Waals surface area contributed by atoms with E-state index in [1.807, 2.05) is 12.1 Å². The summed E-state index contributed by atoms with van der Waals surface area (Å²) in [5.41, 5.74) is 1.94. The summed E-state index contributed by atoms with van der Waals surface area (Å²) in [7, 11) is 0. The summed E-state index contributed by atoms with van der Waals surface area (Å²) in [5.74, 6) is 0. The van der Waals surface area contributed by atoms with Crippen LogP contribution in [-0.2, 0) is 6.54 Å². The number of halogens is 1. The molecule has 0 unspecified atom stereocenters. The van der Waals surface area contributed by atoms with Crippen molar-refractivity contribution in [2.24, 2.45) is 5.41 Å². The number of rotatable bonds is 5. The quantitative estimate of drug-likeness (QED) is 0.804. The number of hydrogen-bond donors (Lipinski definition) is 1. The van der Waals surface area contributed by atoms with Crippen molar-refractivity contribution in [2.45, 2.75) is 32.7 Å². The highest BCUT2D eigenvalue weighted by Gasteiger charge is 2.39. The lowest BCUT2D eigenvalue weighted by Crippen LogP contribution is -2.23. The van der Waals surface area contributed by atoms with E-state index in [2.05, 4.69) is 24.4 Å². The van der Waals surface area contributed by atoms with Crippen LogP contribution in [0.3, 0.4) is 0 Å².